The maximum absolute atomic E-state index is 2.53. The molecule has 1 aliphatic carbocycles. The van der Waals surface area contributed by atoms with E-state index in [0.717, 1.165) is 0 Å². The zero-order valence-corrected chi connectivity index (χ0v) is 33.7. The Kier molecular flexibility index (Phi) is 6.86. The summed E-state index contributed by atoms with van der Waals surface area (Å²) >= 11 is 0. The van der Waals surface area contributed by atoms with Crippen LogP contribution in [0, 0.1) is 0 Å². The molecule has 13 aromatic rings. The van der Waals surface area contributed by atoms with E-state index < -0.39 is 0 Å². The molecule has 62 heavy (non-hydrogen) atoms. The van der Waals surface area contributed by atoms with Gasteiger partial charge in [0.1, 0.15) is 0 Å². The molecule has 1 aliphatic rings. The third-order valence-electron chi connectivity index (χ3n) is 13.7. The summed E-state index contributed by atoms with van der Waals surface area (Å²) in [6, 6.07) is 81.5. The first-order valence-electron chi connectivity index (χ1n) is 21.5. The molecule has 0 unspecified atom stereocenters. The van der Waals surface area contributed by atoms with E-state index >= 15 is 0 Å². The minimum absolute atomic E-state index is 1.17. The quantitative estimate of drug-likeness (QED) is 0.155. The fraction of sp³-hybridized carbons (Fsp3) is 0. The Hall–Kier alpha value is -8.20. The summed E-state index contributed by atoms with van der Waals surface area (Å²) in [6.45, 7) is 0. The number of para-hydroxylation sites is 4. The lowest BCUT2D eigenvalue weighted by Gasteiger charge is -2.28. The van der Waals surface area contributed by atoms with E-state index in [1.165, 1.54) is 132 Å². The highest BCUT2D eigenvalue weighted by Crippen LogP contribution is 2.54. The van der Waals surface area contributed by atoms with Crippen molar-refractivity contribution in [2.24, 2.45) is 0 Å². The number of nitrogens with zero attached hydrogens (tertiary/aromatic N) is 2. The van der Waals surface area contributed by atoms with E-state index in [1.54, 1.807) is 0 Å². The average molecular weight is 785 g/mol. The number of hydrogen-bond donors (Lipinski definition) is 0. The number of fused-ring (bicyclic) bond motifs is 20. The van der Waals surface area contributed by atoms with Gasteiger partial charge in [0, 0.05) is 32.7 Å². The van der Waals surface area contributed by atoms with Gasteiger partial charge in [-0.1, -0.05) is 170 Å². The summed E-state index contributed by atoms with van der Waals surface area (Å²) in [5.41, 5.74) is 16.9. The molecule has 0 atom stereocenters. The molecule has 0 saturated heterocycles. The molecule has 2 nitrogen and oxygen atoms in total. The predicted molar refractivity (Wildman–Crippen MR) is 263 cm³/mol. The Morgan fingerprint density at radius 2 is 0.500 bits per heavy atom. The first kappa shape index (κ1) is 33.6. The van der Waals surface area contributed by atoms with Crippen LogP contribution in [0.4, 0.5) is 0 Å². The van der Waals surface area contributed by atoms with Crippen molar-refractivity contribution >= 4 is 75.9 Å². The SMILES string of the molecule is c1ccc2c(c1)-c1cccc(-n3c4ccccc4c4ccccc43)c1-c1cc3c4ccccc4c4ccccc4c3cc1-c1cccc(-n3c4ccccc4c4ccccc43)c1-2. The Balaban J connectivity index is 1.21. The van der Waals surface area contributed by atoms with E-state index in [9.17, 15) is 0 Å². The summed E-state index contributed by atoms with van der Waals surface area (Å²) in [4.78, 5) is 0. The first-order chi connectivity index (χ1) is 30.8. The van der Waals surface area contributed by atoms with Crippen LogP contribution in [0.1, 0.15) is 0 Å². The Morgan fingerprint density at radius 3 is 0.952 bits per heavy atom. The van der Waals surface area contributed by atoms with Gasteiger partial charge in [-0.05, 0) is 114 Å². The van der Waals surface area contributed by atoms with E-state index in [0.29, 0.717) is 0 Å². The number of hydrogen-bond acceptors (Lipinski definition) is 0. The molecule has 11 aromatic carbocycles. The van der Waals surface area contributed by atoms with E-state index in [2.05, 4.69) is 228 Å². The van der Waals surface area contributed by atoms with Crippen LogP contribution in [0.5, 0.6) is 0 Å². The lowest BCUT2D eigenvalue weighted by atomic mass is 9.78. The van der Waals surface area contributed by atoms with Crippen molar-refractivity contribution in [2.45, 2.75) is 0 Å². The third-order valence-corrected chi connectivity index (χ3v) is 13.7. The van der Waals surface area contributed by atoms with Crippen LogP contribution in [-0.4, -0.2) is 9.13 Å². The second-order valence-electron chi connectivity index (χ2n) is 16.7. The molecule has 0 spiro atoms. The molecule has 0 bridgehead atoms. The fourth-order valence-corrected chi connectivity index (χ4v) is 11.1. The lowest BCUT2D eigenvalue weighted by Crippen LogP contribution is -2.05. The van der Waals surface area contributed by atoms with E-state index in [1.807, 2.05) is 0 Å². The second kappa shape index (κ2) is 12.7. The Morgan fingerprint density at radius 1 is 0.194 bits per heavy atom. The van der Waals surface area contributed by atoms with Crippen molar-refractivity contribution in [1.29, 1.82) is 0 Å². The average Bonchev–Trinajstić information content (AvgIpc) is 3.86. The molecule has 2 aromatic heterocycles. The van der Waals surface area contributed by atoms with Gasteiger partial charge >= 0.3 is 0 Å². The van der Waals surface area contributed by atoms with Crippen LogP contribution in [0.2, 0.25) is 0 Å². The van der Waals surface area contributed by atoms with Crippen molar-refractivity contribution < 1.29 is 0 Å². The number of benzene rings is 11. The minimum atomic E-state index is 1.17. The maximum atomic E-state index is 2.53. The Bertz CT molecular complexity index is 3940. The third kappa shape index (κ3) is 4.48. The molecule has 0 radical (unpaired) electrons. The van der Waals surface area contributed by atoms with Gasteiger partial charge in [0.05, 0.1) is 33.4 Å². The fourth-order valence-electron chi connectivity index (χ4n) is 11.1. The molecule has 14 rings (SSSR count). The topological polar surface area (TPSA) is 9.86 Å². The molecule has 0 aliphatic heterocycles. The highest BCUT2D eigenvalue weighted by atomic mass is 15.0. The van der Waals surface area contributed by atoms with Crippen LogP contribution in [0.3, 0.4) is 0 Å². The van der Waals surface area contributed by atoms with E-state index in [4.69, 9.17) is 0 Å². The normalized spacial score (nSPS) is 12.2. The zero-order chi connectivity index (χ0) is 40.5. The van der Waals surface area contributed by atoms with Gasteiger partial charge in [0.15, 0.2) is 0 Å². The number of aromatic nitrogens is 2. The summed E-state index contributed by atoms with van der Waals surface area (Å²) in [5, 5.41) is 12.6. The van der Waals surface area contributed by atoms with Gasteiger partial charge in [-0.15, -0.1) is 0 Å². The molecule has 2 heterocycles. The monoisotopic (exact) mass is 784 g/mol. The highest BCUT2D eigenvalue weighted by Gasteiger charge is 2.29. The van der Waals surface area contributed by atoms with Crippen LogP contribution < -0.4 is 0 Å². The summed E-state index contributed by atoms with van der Waals surface area (Å²) < 4.78 is 5.01. The first-order valence-corrected chi connectivity index (χ1v) is 21.5. The maximum Gasteiger partial charge on any atom is 0.0547 e. The van der Waals surface area contributed by atoms with Crippen LogP contribution in [-0.2, 0) is 0 Å². The highest BCUT2D eigenvalue weighted by molar-refractivity contribution is 6.27. The predicted octanol–water partition coefficient (Wildman–Crippen LogP) is 16.3. The lowest BCUT2D eigenvalue weighted by molar-refractivity contribution is 1.18. The summed E-state index contributed by atoms with van der Waals surface area (Å²) in [5.74, 6) is 0. The van der Waals surface area contributed by atoms with Crippen LogP contribution in [0.25, 0.3) is 132 Å². The van der Waals surface area contributed by atoms with Gasteiger partial charge < -0.3 is 9.13 Å². The molecule has 0 amide bonds. The van der Waals surface area contributed by atoms with Crippen molar-refractivity contribution in [3.05, 3.63) is 218 Å². The summed E-state index contributed by atoms with van der Waals surface area (Å²) in [6.07, 6.45) is 0. The standard InChI is InChI=1S/C60H36N2/c1-3-19-39-37(17-1)38-18-2-4-20-40(38)50-36-52-51(35-49(39)50)48-28-16-33-57(61-53-29-11-7-22-42(53)43-23-8-12-30-54(43)61)59(48)46-26-6-5-21-41(46)47-27-15-34-58(60(47)52)62-55-31-13-9-24-44(55)45-25-10-14-32-56(45)62/h1-36H. The largest absolute Gasteiger partial charge is 0.309 e. The van der Waals surface area contributed by atoms with Gasteiger partial charge in [-0.2, -0.15) is 0 Å². The van der Waals surface area contributed by atoms with Crippen LogP contribution in [0.15, 0.2) is 218 Å². The zero-order valence-electron chi connectivity index (χ0n) is 33.7. The molecule has 0 fully saturated rings. The second-order valence-corrected chi connectivity index (χ2v) is 16.7. The smallest absolute Gasteiger partial charge is 0.0547 e. The van der Waals surface area contributed by atoms with E-state index in [-0.39, 0.29) is 0 Å². The summed E-state index contributed by atoms with van der Waals surface area (Å²) in [7, 11) is 0. The van der Waals surface area contributed by atoms with Crippen molar-refractivity contribution in [3.63, 3.8) is 0 Å². The van der Waals surface area contributed by atoms with Gasteiger partial charge in [-0.3, -0.25) is 0 Å². The minimum Gasteiger partial charge on any atom is -0.309 e. The molecule has 0 saturated carbocycles. The van der Waals surface area contributed by atoms with Gasteiger partial charge in [0.2, 0.25) is 0 Å². The van der Waals surface area contributed by atoms with Crippen molar-refractivity contribution in [2.75, 3.05) is 0 Å². The molecule has 2 heteroatoms. The Labute approximate surface area is 357 Å². The van der Waals surface area contributed by atoms with Crippen molar-refractivity contribution in [1.82, 2.24) is 9.13 Å². The van der Waals surface area contributed by atoms with Gasteiger partial charge in [-0.25, -0.2) is 0 Å². The van der Waals surface area contributed by atoms with Crippen LogP contribution >= 0.6 is 0 Å². The van der Waals surface area contributed by atoms with Crippen molar-refractivity contribution in [3.8, 4) is 55.9 Å². The molecule has 0 N–H and O–H groups in total. The molecular weight excluding hydrogens is 749 g/mol. The molecule has 286 valence electrons. The number of rotatable bonds is 2. The van der Waals surface area contributed by atoms with Gasteiger partial charge in [0.25, 0.3) is 0 Å². The molecular formula is C60H36N2.